The fourth-order valence-electron chi connectivity index (χ4n) is 2.27. The van der Waals surface area contributed by atoms with E-state index in [0.717, 1.165) is 11.3 Å². The van der Waals surface area contributed by atoms with E-state index in [9.17, 15) is 9.59 Å². The molecule has 0 fully saturated rings. The summed E-state index contributed by atoms with van der Waals surface area (Å²) in [5.41, 5.74) is 0.954. The van der Waals surface area contributed by atoms with E-state index in [2.05, 4.69) is 25.7 Å². The van der Waals surface area contributed by atoms with E-state index in [0.29, 0.717) is 17.3 Å². The summed E-state index contributed by atoms with van der Waals surface area (Å²) in [7, 11) is 1.84. The lowest BCUT2D eigenvalue weighted by Gasteiger charge is -2.16. The van der Waals surface area contributed by atoms with Crippen LogP contribution in [0.25, 0.3) is 11.3 Å². The number of imide groups is 1. The van der Waals surface area contributed by atoms with Crippen LogP contribution in [-0.4, -0.2) is 31.7 Å². The van der Waals surface area contributed by atoms with Gasteiger partial charge in [0.25, 0.3) is 0 Å². The maximum Gasteiger partial charge on any atom is 0.327 e. The van der Waals surface area contributed by atoms with E-state index >= 15 is 0 Å². The molecule has 3 rings (SSSR count). The van der Waals surface area contributed by atoms with Crippen LogP contribution >= 0.6 is 0 Å². The van der Waals surface area contributed by atoms with Crippen LogP contribution in [0.2, 0.25) is 0 Å². The van der Waals surface area contributed by atoms with E-state index < -0.39 is 11.4 Å². The van der Waals surface area contributed by atoms with Gasteiger partial charge >= 0.3 is 6.03 Å². The fourth-order valence-corrected chi connectivity index (χ4v) is 2.27. The second-order valence-corrected chi connectivity index (χ2v) is 7.42. The second-order valence-electron chi connectivity index (χ2n) is 7.42. The van der Waals surface area contributed by atoms with Crippen molar-refractivity contribution in [2.45, 2.75) is 20.8 Å². The predicted molar refractivity (Wildman–Crippen MR) is 107 cm³/mol. The Kier molecular flexibility index (Phi) is 5.58. The second kappa shape index (κ2) is 8.09. The first-order valence-electron chi connectivity index (χ1n) is 8.92. The number of anilines is 1. The molecule has 9 nitrogen and oxygen atoms in total. The molecule has 3 aromatic heterocycles. The molecule has 9 heteroatoms. The molecule has 0 bridgehead atoms. The molecule has 29 heavy (non-hydrogen) atoms. The van der Waals surface area contributed by atoms with Crippen molar-refractivity contribution in [1.29, 1.82) is 0 Å². The summed E-state index contributed by atoms with van der Waals surface area (Å²) < 4.78 is 7.50. The van der Waals surface area contributed by atoms with Crippen molar-refractivity contribution in [3.8, 4) is 22.8 Å². The van der Waals surface area contributed by atoms with Crippen molar-refractivity contribution in [3.05, 3.63) is 49.1 Å². The van der Waals surface area contributed by atoms with Gasteiger partial charge in [-0.05, 0) is 18.2 Å². The lowest BCUT2D eigenvalue weighted by molar-refractivity contribution is -0.127. The number of aryl methyl sites for hydroxylation is 1. The molecule has 0 aliphatic heterocycles. The van der Waals surface area contributed by atoms with Gasteiger partial charge in [0.1, 0.15) is 17.3 Å². The number of pyridine rings is 2. The van der Waals surface area contributed by atoms with E-state index in [-0.39, 0.29) is 5.91 Å². The Labute approximate surface area is 168 Å². The Hall–Kier alpha value is -3.75. The molecular weight excluding hydrogens is 372 g/mol. The SMILES string of the molecule is Cn1cc(-c2cc(Oc3ccc(NC(=O)NC(=O)C(C)(C)C)nc3)ccn2)cn1. The van der Waals surface area contributed by atoms with Crippen molar-refractivity contribution in [1.82, 2.24) is 25.1 Å². The van der Waals surface area contributed by atoms with Crippen molar-refractivity contribution >= 4 is 17.8 Å². The third-order valence-electron chi connectivity index (χ3n) is 3.85. The molecule has 0 saturated heterocycles. The van der Waals surface area contributed by atoms with Crippen molar-refractivity contribution in [2.75, 3.05) is 5.32 Å². The number of carbonyl (C=O) groups excluding carboxylic acids is 2. The highest BCUT2D eigenvalue weighted by atomic mass is 16.5. The number of carbonyl (C=O) groups is 2. The number of amides is 3. The average Bonchev–Trinajstić information content (AvgIpc) is 3.09. The summed E-state index contributed by atoms with van der Waals surface area (Å²) in [6.45, 7) is 5.16. The zero-order chi connectivity index (χ0) is 21.0. The predicted octanol–water partition coefficient (Wildman–Crippen LogP) is 3.36. The fraction of sp³-hybridized carbons (Fsp3) is 0.250. The van der Waals surface area contributed by atoms with Gasteiger partial charge in [-0.25, -0.2) is 9.78 Å². The van der Waals surface area contributed by atoms with Crippen LogP contribution in [0.15, 0.2) is 49.1 Å². The first kappa shape index (κ1) is 20.0. The molecule has 2 N–H and O–H groups in total. The zero-order valence-electron chi connectivity index (χ0n) is 16.6. The summed E-state index contributed by atoms with van der Waals surface area (Å²) in [6, 6.07) is 6.14. The maximum atomic E-state index is 11.9. The van der Waals surface area contributed by atoms with Gasteiger partial charge in [0.05, 0.1) is 18.1 Å². The van der Waals surface area contributed by atoms with Gasteiger partial charge in [-0.1, -0.05) is 20.8 Å². The summed E-state index contributed by atoms with van der Waals surface area (Å²) in [5, 5.41) is 8.92. The maximum absolute atomic E-state index is 11.9. The molecule has 150 valence electrons. The largest absolute Gasteiger partial charge is 0.456 e. The Balaban J connectivity index is 1.62. The molecule has 3 amide bonds. The molecule has 0 unspecified atom stereocenters. The summed E-state index contributed by atoms with van der Waals surface area (Å²) >= 11 is 0. The molecule has 0 spiro atoms. The first-order valence-corrected chi connectivity index (χ1v) is 8.92. The van der Waals surface area contributed by atoms with Crippen LogP contribution in [0.3, 0.4) is 0 Å². The molecule has 0 atom stereocenters. The van der Waals surface area contributed by atoms with Crippen LogP contribution < -0.4 is 15.4 Å². The number of aromatic nitrogens is 4. The summed E-state index contributed by atoms with van der Waals surface area (Å²) in [4.78, 5) is 32.2. The van der Waals surface area contributed by atoms with E-state index in [1.165, 1.54) is 6.20 Å². The number of nitrogens with zero attached hydrogens (tertiary/aromatic N) is 4. The number of ether oxygens (including phenoxy) is 1. The monoisotopic (exact) mass is 394 g/mol. The molecular formula is C20H22N6O3. The van der Waals surface area contributed by atoms with Gasteiger partial charge in [0.15, 0.2) is 0 Å². The zero-order valence-corrected chi connectivity index (χ0v) is 16.6. The quantitative estimate of drug-likeness (QED) is 0.702. The van der Waals surface area contributed by atoms with Gasteiger partial charge in [-0.3, -0.25) is 25.1 Å². The van der Waals surface area contributed by atoms with Crippen LogP contribution in [0.4, 0.5) is 10.6 Å². The number of nitrogens with one attached hydrogen (secondary N) is 2. The van der Waals surface area contributed by atoms with Crippen molar-refractivity contribution in [3.63, 3.8) is 0 Å². The minimum Gasteiger partial charge on any atom is -0.456 e. The van der Waals surface area contributed by atoms with Gasteiger partial charge in [-0.2, -0.15) is 5.10 Å². The molecule has 0 aromatic carbocycles. The number of hydrogen-bond donors (Lipinski definition) is 2. The topological polar surface area (TPSA) is 111 Å². The lowest BCUT2D eigenvalue weighted by atomic mass is 9.96. The highest BCUT2D eigenvalue weighted by Crippen LogP contribution is 2.25. The van der Waals surface area contributed by atoms with E-state index in [4.69, 9.17) is 4.74 Å². The molecule has 0 aliphatic rings. The molecule has 0 aliphatic carbocycles. The number of urea groups is 1. The van der Waals surface area contributed by atoms with Crippen molar-refractivity contribution < 1.29 is 14.3 Å². The molecule has 0 saturated carbocycles. The normalized spacial score (nSPS) is 11.0. The highest BCUT2D eigenvalue weighted by Gasteiger charge is 2.23. The van der Waals surface area contributed by atoms with Crippen LogP contribution in [0, 0.1) is 5.41 Å². The minimum atomic E-state index is -0.665. The van der Waals surface area contributed by atoms with E-state index in [1.54, 1.807) is 62.1 Å². The van der Waals surface area contributed by atoms with Crippen LogP contribution in [0.5, 0.6) is 11.5 Å². The van der Waals surface area contributed by atoms with Gasteiger partial charge < -0.3 is 4.74 Å². The van der Waals surface area contributed by atoms with Gasteiger partial charge in [0.2, 0.25) is 5.91 Å². The Morgan fingerprint density at radius 1 is 1.07 bits per heavy atom. The first-order chi connectivity index (χ1) is 13.7. The van der Waals surface area contributed by atoms with Gasteiger partial charge in [0, 0.05) is 36.5 Å². The third kappa shape index (κ3) is 5.38. The average molecular weight is 394 g/mol. The number of rotatable bonds is 4. The Bertz CT molecular complexity index is 1020. The van der Waals surface area contributed by atoms with Crippen LogP contribution in [-0.2, 0) is 11.8 Å². The Morgan fingerprint density at radius 3 is 2.48 bits per heavy atom. The van der Waals surface area contributed by atoms with Gasteiger partial charge in [-0.15, -0.1) is 0 Å². The Morgan fingerprint density at radius 2 is 1.86 bits per heavy atom. The standard InChI is InChI=1S/C20H22N6O3/c1-20(2,3)18(27)25-19(28)24-17-6-5-15(11-22-17)29-14-7-8-21-16(9-14)13-10-23-26(4)12-13/h5-12H,1-4H3,(H2,22,24,25,27,28). The molecule has 3 aromatic rings. The third-order valence-corrected chi connectivity index (χ3v) is 3.85. The highest BCUT2D eigenvalue weighted by molar-refractivity contribution is 6.02. The minimum absolute atomic E-state index is 0.294. The summed E-state index contributed by atoms with van der Waals surface area (Å²) in [5.74, 6) is 0.999. The lowest BCUT2D eigenvalue weighted by Crippen LogP contribution is -2.41. The molecule has 0 radical (unpaired) electrons. The van der Waals surface area contributed by atoms with E-state index in [1.807, 2.05) is 13.2 Å². The van der Waals surface area contributed by atoms with Crippen LogP contribution in [0.1, 0.15) is 20.8 Å². The number of hydrogen-bond acceptors (Lipinski definition) is 6. The summed E-state index contributed by atoms with van der Waals surface area (Å²) in [6.07, 6.45) is 6.72. The molecule has 3 heterocycles. The smallest absolute Gasteiger partial charge is 0.327 e. The van der Waals surface area contributed by atoms with Crippen molar-refractivity contribution in [2.24, 2.45) is 12.5 Å².